The Hall–Kier alpha value is -3.18. The zero-order chi connectivity index (χ0) is 19.1. The average molecular weight is 384 g/mol. The van der Waals surface area contributed by atoms with E-state index < -0.39 is 6.09 Å². The van der Waals surface area contributed by atoms with Gasteiger partial charge in [-0.3, -0.25) is 5.32 Å². The standard InChI is InChI=1S/C21H18ClNO4/c1-25-20-12-7-16(22)13-19(20)23-21(24)27-18-10-8-17(9-11-18)26-14-15-5-3-2-4-6-15/h2-13H,14H2,1H3,(H,23,24). The molecule has 0 bridgehead atoms. The molecular formula is C21H18ClNO4. The molecule has 0 heterocycles. The smallest absolute Gasteiger partial charge is 0.417 e. The Morgan fingerprint density at radius 3 is 2.37 bits per heavy atom. The van der Waals surface area contributed by atoms with Gasteiger partial charge in [-0.25, -0.2) is 4.79 Å². The molecule has 0 atom stereocenters. The number of benzene rings is 3. The van der Waals surface area contributed by atoms with Crippen molar-refractivity contribution < 1.29 is 19.0 Å². The molecule has 0 aliphatic carbocycles. The zero-order valence-corrected chi connectivity index (χ0v) is 15.4. The lowest BCUT2D eigenvalue weighted by atomic mass is 10.2. The number of carbonyl (C=O) groups excluding carboxylic acids is 1. The molecule has 0 aromatic heterocycles. The molecule has 0 spiro atoms. The maximum Gasteiger partial charge on any atom is 0.417 e. The Bertz CT molecular complexity index is 898. The SMILES string of the molecule is COc1ccc(Cl)cc1NC(=O)Oc1ccc(OCc2ccccc2)cc1. The second-order valence-corrected chi connectivity index (χ2v) is 6.04. The summed E-state index contributed by atoms with van der Waals surface area (Å²) in [6, 6.07) is 21.6. The molecule has 0 fully saturated rings. The van der Waals surface area contributed by atoms with Crippen molar-refractivity contribution in [1.82, 2.24) is 0 Å². The van der Waals surface area contributed by atoms with Gasteiger partial charge in [-0.05, 0) is 48.0 Å². The third-order valence-corrected chi connectivity index (χ3v) is 3.92. The highest BCUT2D eigenvalue weighted by atomic mass is 35.5. The lowest BCUT2D eigenvalue weighted by molar-refractivity contribution is 0.215. The first-order chi connectivity index (χ1) is 13.1. The summed E-state index contributed by atoms with van der Waals surface area (Å²) in [6.07, 6.45) is -0.645. The summed E-state index contributed by atoms with van der Waals surface area (Å²) in [4.78, 5) is 12.1. The maximum atomic E-state index is 12.1. The fraction of sp³-hybridized carbons (Fsp3) is 0.0952. The molecule has 3 aromatic carbocycles. The van der Waals surface area contributed by atoms with Gasteiger partial charge in [-0.2, -0.15) is 0 Å². The Kier molecular flexibility index (Phi) is 6.18. The molecule has 6 heteroatoms. The molecular weight excluding hydrogens is 366 g/mol. The number of nitrogens with one attached hydrogen (secondary N) is 1. The van der Waals surface area contributed by atoms with Crippen LogP contribution in [0.3, 0.4) is 0 Å². The van der Waals surface area contributed by atoms with Crippen molar-refractivity contribution in [3.63, 3.8) is 0 Å². The molecule has 3 aromatic rings. The van der Waals surface area contributed by atoms with Gasteiger partial charge in [0.2, 0.25) is 0 Å². The van der Waals surface area contributed by atoms with E-state index in [1.54, 1.807) is 42.5 Å². The van der Waals surface area contributed by atoms with Crippen molar-refractivity contribution in [3.05, 3.63) is 83.4 Å². The van der Waals surface area contributed by atoms with Crippen LogP contribution in [0.25, 0.3) is 0 Å². The lowest BCUT2D eigenvalue weighted by Gasteiger charge is -2.11. The normalized spacial score (nSPS) is 10.1. The molecule has 0 aliphatic rings. The summed E-state index contributed by atoms with van der Waals surface area (Å²) >= 11 is 5.95. The Morgan fingerprint density at radius 2 is 1.67 bits per heavy atom. The van der Waals surface area contributed by atoms with Crippen LogP contribution >= 0.6 is 11.6 Å². The number of hydrogen-bond donors (Lipinski definition) is 1. The quantitative estimate of drug-likeness (QED) is 0.607. The number of ether oxygens (including phenoxy) is 3. The minimum absolute atomic E-state index is 0.389. The fourth-order valence-corrected chi connectivity index (χ4v) is 2.54. The molecule has 0 saturated carbocycles. The second kappa shape index (κ2) is 8.96. The van der Waals surface area contributed by atoms with Crippen LogP contribution in [0.2, 0.25) is 5.02 Å². The fourth-order valence-electron chi connectivity index (χ4n) is 2.37. The van der Waals surface area contributed by atoms with E-state index in [9.17, 15) is 4.79 Å². The van der Waals surface area contributed by atoms with E-state index in [-0.39, 0.29) is 0 Å². The molecule has 1 N–H and O–H groups in total. The lowest BCUT2D eigenvalue weighted by Crippen LogP contribution is -2.17. The van der Waals surface area contributed by atoms with E-state index >= 15 is 0 Å². The molecule has 0 saturated heterocycles. The highest BCUT2D eigenvalue weighted by Gasteiger charge is 2.10. The molecule has 0 radical (unpaired) electrons. The summed E-state index contributed by atoms with van der Waals surface area (Å²) < 4.78 is 16.2. The number of amides is 1. The highest BCUT2D eigenvalue weighted by Crippen LogP contribution is 2.28. The first-order valence-electron chi connectivity index (χ1n) is 8.23. The zero-order valence-electron chi connectivity index (χ0n) is 14.6. The third kappa shape index (κ3) is 5.39. The van der Waals surface area contributed by atoms with Gasteiger partial charge < -0.3 is 14.2 Å². The van der Waals surface area contributed by atoms with Gasteiger partial charge in [-0.1, -0.05) is 41.9 Å². The monoisotopic (exact) mass is 383 g/mol. The van der Waals surface area contributed by atoms with Gasteiger partial charge in [-0.15, -0.1) is 0 Å². The summed E-state index contributed by atoms with van der Waals surface area (Å²) in [6.45, 7) is 0.468. The number of halogens is 1. The van der Waals surface area contributed by atoms with E-state index in [1.807, 2.05) is 30.3 Å². The van der Waals surface area contributed by atoms with Crippen molar-refractivity contribution in [1.29, 1.82) is 0 Å². The van der Waals surface area contributed by atoms with Crippen LogP contribution in [0.1, 0.15) is 5.56 Å². The van der Waals surface area contributed by atoms with Crippen molar-refractivity contribution in [2.24, 2.45) is 0 Å². The van der Waals surface area contributed by atoms with Crippen LogP contribution in [0, 0.1) is 0 Å². The van der Waals surface area contributed by atoms with Crippen molar-refractivity contribution in [2.75, 3.05) is 12.4 Å². The largest absolute Gasteiger partial charge is 0.495 e. The minimum Gasteiger partial charge on any atom is -0.495 e. The number of hydrogen-bond acceptors (Lipinski definition) is 4. The number of rotatable bonds is 6. The maximum absolute atomic E-state index is 12.1. The van der Waals surface area contributed by atoms with E-state index in [0.29, 0.717) is 34.6 Å². The van der Waals surface area contributed by atoms with Gasteiger partial charge in [0.25, 0.3) is 0 Å². The molecule has 0 aliphatic heterocycles. The van der Waals surface area contributed by atoms with E-state index in [4.69, 9.17) is 25.8 Å². The predicted molar refractivity (Wildman–Crippen MR) is 105 cm³/mol. The number of methoxy groups -OCH3 is 1. The molecule has 5 nitrogen and oxygen atoms in total. The van der Waals surface area contributed by atoms with E-state index in [1.165, 1.54) is 7.11 Å². The summed E-state index contributed by atoms with van der Waals surface area (Å²) in [5.41, 5.74) is 1.51. The molecule has 3 rings (SSSR count). The first-order valence-corrected chi connectivity index (χ1v) is 8.61. The van der Waals surface area contributed by atoms with Crippen LogP contribution in [0.15, 0.2) is 72.8 Å². The first kappa shape index (κ1) is 18.6. The van der Waals surface area contributed by atoms with Crippen molar-refractivity contribution in [3.8, 4) is 17.2 Å². The van der Waals surface area contributed by atoms with Gasteiger partial charge in [0.1, 0.15) is 23.9 Å². The van der Waals surface area contributed by atoms with Crippen LogP contribution < -0.4 is 19.5 Å². The Labute approximate surface area is 162 Å². The second-order valence-electron chi connectivity index (χ2n) is 5.60. The number of anilines is 1. The van der Waals surface area contributed by atoms with Gasteiger partial charge in [0.15, 0.2) is 0 Å². The van der Waals surface area contributed by atoms with Crippen molar-refractivity contribution >= 4 is 23.4 Å². The van der Waals surface area contributed by atoms with Crippen LogP contribution in [0.4, 0.5) is 10.5 Å². The Balaban J connectivity index is 1.56. The summed E-state index contributed by atoms with van der Waals surface area (Å²) in [5, 5.41) is 3.09. The summed E-state index contributed by atoms with van der Waals surface area (Å²) in [7, 11) is 1.51. The van der Waals surface area contributed by atoms with E-state index in [2.05, 4.69) is 5.32 Å². The molecule has 138 valence electrons. The topological polar surface area (TPSA) is 56.8 Å². The van der Waals surface area contributed by atoms with Crippen molar-refractivity contribution in [2.45, 2.75) is 6.61 Å². The molecule has 0 unspecified atom stereocenters. The van der Waals surface area contributed by atoms with Crippen LogP contribution in [0.5, 0.6) is 17.2 Å². The van der Waals surface area contributed by atoms with Gasteiger partial charge >= 0.3 is 6.09 Å². The average Bonchev–Trinajstić information content (AvgIpc) is 2.68. The van der Waals surface area contributed by atoms with E-state index in [0.717, 1.165) is 5.56 Å². The van der Waals surface area contributed by atoms with Crippen LogP contribution in [-0.2, 0) is 6.61 Å². The third-order valence-electron chi connectivity index (χ3n) is 3.68. The van der Waals surface area contributed by atoms with Gasteiger partial charge in [0, 0.05) is 5.02 Å². The molecule has 1 amide bonds. The van der Waals surface area contributed by atoms with Gasteiger partial charge in [0.05, 0.1) is 12.8 Å². The van der Waals surface area contributed by atoms with Crippen LogP contribution in [-0.4, -0.2) is 13.2 Å². The number of carbonyl (C=O) groups is 1. The highest BCUT2D eigenvalue weighted by molar-refractivity contribution is 6.31. The molecule has 27 heavy (non-hydrogen) atoms. The predicted octanol–water partition coefficient (Wildman–Crippen LogP) is 5.54. The minimum atomic E-state index is -0.645. The Morgan fingerprint density at radius 1 is 0.963 bits per heavy atom. The summed E-state index contributed by atoms with van der Waals surface area (Å²) in [5.74, 6) is 1.56.